The molecule has 7 N–H and O–H groups in total. The molecule has 0 saturated heterocycles. The molecular weight excluding hydrogens is 478 g/mol. The fraction of sp³-hybridized carbons (Fsp3) is 0.519. The van der Waals surface area contributed by atoms with Crippen LogP contribution in [0.1, 0.15) is 49.8 Å². The number of benzene rings is 1. The average Bonchev–Trinajstić information content (AvgIpc) is 2.79. The van der Waals surface area contributed by atoms with Gasteiger partial charge in [0, 0.05) is 49.8 Å². The predicted octanol–water partition coefficient (Wildman–Crippen LogP) is 1.63. The van der Waals surface area contributed by atoms with Gasteiger partial charge in [0.15, 0.2) is 11.4 Å². The summed E-state index contributed by atoms with van der Waals surface area (Å²) in [5.74, 6) is -5.72. The Labute approximate surface area is 215 Å². The van der Waals surface area contributed by atoms with Crippen molar-refractivity contribution in [3.05, 3.63) is 39.7 Å². The van der Waals surface area contributed by atoms with Crippen molar-refractivity contribution in [3.8, 4) is 5.75 Å². The number of phenolic OH excluding ortho intramolecular Hbond substituents is 1. The fourth-order valence-electron chi connectivity index (χ4n) is 5.87. The number of hydrogen-bond donors (Lipinski definition) is 6. The van der Waals surface area contributed by atoms with Gasteiger partial charge in [0.25, 0.3) is 5.91 Å². The van der Waals surface area contributed by atoms with E-state index in [1.807, 2.05) is 25.1 Å². The minimum absolute atomic E-state index is 0.106. The first-order valence-corrected chi connectivity index (χ1v) is 12.5. The zero-order valence-corrected chi connectivity index (χ0v) is 21.6. The molecule has 1 fully saturated rings. The maximum Gasteiger partial charge on any atom is 0.255 e. The number of aromatic hydroxyl groups is 1. The summed E-state index contributed by atoms with van der Waals surface area (Å²) in [5.41, 5.74) is 3.81. The molecule has 4 rings (SSSR count). The van der Waals surface area contributed by atoms with Crippen LogP contribution in [0.3, 0.4) is 0 Å². The summed E-state index contributed by atoms with van der Waals surface area (Å²) in [4.78, 5) is 39.8. The smallest absolute Gasteiger partial charge is 0.255 e. The van der Waals surface area contributed by atoms with Crippen LogP contribution >= 0.6 is 0 Å². The van der Waals surface area contributed by atoms with E-state index in [4.69, 9.17) is 5.73 Å². The van der Waals surface area contributed by atoms with Gasteiger partial charge < -0.3 is 36.4 Å². The minimum Gasteiger partial charge on any atom is -0.508 e. The molecule has 0 radical (unpaired) electrons. The number of hydrogen-bond acceptors (Lipinski definition) is 9. The molecule has 1 saturated carbocycles. The van der Waals surface area contributed by atoms with Gasteiger partial charge in [-0.3, -0.25) is 14.4 Å². The molecule has 0 bridgehead atoms. The Kier molecular flexibility index (Phi) is 6.85. The van der Waals surface area contributed by atoms with Crippen molar-refractivity contribution in [3.63, 3.8) is 0 Å². The maximum atomic E-state index is 13.7. The molecule has 3 unspecified atom stereocenters. The van der Waals surface area contributed by atoms with Crippen LogP contribution in [0.5, 0.6) is 5.75 Å². The number of nitrogens with zero attached hydrogens (tertiary/aromatic N) is 1. The quantitative estimate of drug-likeness (QED) is 0.234. The number of amides is 1. The van der Waals surface area contributed by atoms with Crippen LogP contribution in [-0.4, -0.2) is 64.1 Å². The zero-order chi connectivity index (χ0) is 27.4. The minimum atomic E-state index is -2.56. The lowest BCUT2D eigenvalue weighted by molar-refractivity contribution is -0.147. The van der Waals surface area contributed by atoms with E-state index in [-0.39, 0.29) is 36.1 Å². The van der Waals surface area contributed by atoms with Crippen LogP contribution in [0.15, 0.2) is 23.0 Å². The van der Waals surface area contributed by atoms with Gasteiger partial charge in [-0.15, -0.1) is 0 Å². The largest absolute Gasteiger partial charge is 0.508 e. The summed E-state index contributed by atoms with van der Waals surface area (Å²) in [6.07, 6.45) is 0.991. The van der Waals surface area contributed by atoms with E-state index in [1.165, 1.54) is 0 Å². The van der Waals surface area contributed by atoms with Gasteiger partial charge in [-0.2, -0.15) is 0 Å². The molecule has 200 valence electrons. The normalized spacial score (nSPS) is 25.2. The number of aliphatic hydroxyl groups is 3. The van der Waals surface area contributed by atoms with Crippen LogP contribution in [0.2, 0.25) is 0 Å². The average molecular weight is 514 g/mol. The number of Topliss-reactive ketones (excluding diaryl/α,β-unsaturated/α-hetero) is 2. The lowest BCUT2D eigenvalue weighted by Crippen LogP contribution is -2.58. The van der Waals surface area contributed by atoms with Crippen molar-refractivity contribution >= 4 is 28.9 Å². The van der Waals surface area contributed by atoms with Crippen LogP contribution in [0.4, 0.5) is 5.69 Å². The lowest BCUT2D eigenvalue weighted by atomic mass is 9.59. The van der Waals surface area contributed by atoms with E-state index >= 15 is 0 Å². The first-order chi connectivity index (χ1) is 17.3. The summed E-state index contributed by atoms with van der Waals surface area (Å²) < 4.78 is 0. The van der Waals surface area contributed by atoms with Crippen molar-refractivity contribution in [1.82, 2.24) is 5.32 Å². The third kappa shape index (κ3) is 4.18. The van der Waals surface area contributed by atoms with E-state index in [0.717, 1.165) is 18.7 Å². The Morgan fingerprint density at radius 1 is 1.22 bits per heavy atom. The molecule has 3 atom stereocenters. The second kappa shape index (κ2) is 9.50. The van der Waals surface area contributed by atoms with Crippen molar-refractivity contribution in [2.75, 3.05) is 25.5 Å². The third-order valence-corrected chi connectivity index (χ3v) is 7.81. The van der Waals surface area contributed by atoms with Crippen LogP contribution in [-0.2, 0) is 27.3 Å². The number of anilines is 1. The molecule has 1 aromatic rings. The number of nitrogens with two attached hydrogens (primary N) is 1. The third-order valence-electron chi connectivity index (χ3n) is 7.81. The number of aliphatic hydroxyl groups excluding tert-OH is 2. The fourth-order valence-corrected chi connectivity index (χ4v) is 5.87. The molecule has 10 heteroatoms. The molecule has 1 aromatic carbocycles. The highest BCUT2D eigenvalue weighted by atomic mass is 16.3. The van der Waals surface area contributed by atoms with Crippen LogP contribution in [0.25, 0.3) is 5.76 Å². The Morgan fingerprint density at radius 2 is 1.89 bits per heavy atom. The highest BCUT2D eigenvalue weighted by Crippen LogP contribution is 2.53. The number of ketones is 2. The Bertz CT molecular complexity index is 1250. The van der Waals surface area contributed by atoms with Crippen molar-refractivity contribution in [2.24, 2.45) is 23.5 Å². The van der Waals surface area contributed by atoms with Gasteiger partial charge in [0.05, 0.1) is 5.56 Å². The Balaban J connectivity index is 1.84. The molecule has 0 heterocycles. The number of carbonyl (C=O) groups excluding carboxylic acids is 3. The van der Waals surface area contributed by atoms with Crippen molar-refractivity contribution in [1.29, 1.82) is 0 Å². The molecule has 10 nitrogen and oxygen atoms in total. The van der Waals surface area contributed by atoms with E-state index in [9.17, 15) is 34.8 Å². The number of carbonyl (C=O) groups is 3. The predicted molar refractivity (Wildman–Crippen MR) is 137 cm³/mol. The summed E-state index contributed by atoms with van der Waals surface area (Å²) in [6, 6.07) is 1.85. The van der Waals surface area contributed by atoms with Gasteiger partial charge in [-0.25, -0.2) is 0 Å². The first-order valence-electron chi connectivity index (χ1n) is 12.5. The molecule has 3 aliphatic carbocycles. The molecule has 0 aliphatic heterocycles. The summed E-state index contributed by atoms with van der Waals surface area (Å²) >= 11 is 0. The van der Waals surface area contributed by atoms with Gasteiger partial charge in [-0.1, -0.05) is 13.8 Å². The molecule has 1 amide bonds. The summed E-state index contributed by atoms with van der Waals surface area (Å²) in [6.45, 7) is 5.31. The standard InChI is InChI=1S/C27H35N3O7/c1-12(2)5-6-29-11-14-9-17(30(3)4)16-8-13-7-15-10-18(31)21(26(28)36)25(35)27(15,37)24(34)19(13)23(33)20(16)22(14)32/h9,12-13,15,29,32-33,35,37H,5-8,10-11H2,1-4H3,(H2,28,36). The monoisotopic (exact) mass is 513 g/mol. The highest BCUT2D eigenvalue weighted by Gasteiger charge is 2.60. The van der Waals surface area contributed by atoms with E-state index in [1.54, 1.807) is 0 Å². The van der Waals surface area contributed by atoms with Gasteiger partial charge in [0.1, 0.15) is 22.8 Å². The number of primary amides is 1. The lowest BCUT2D eigenvalue weighted by Gasteiger charge is -2.46. The number of nitrogens with one attached hydrogen (secondary N) is 1. The number of phenols is 1. The molecule has 37 heavy (non-hydrogen) atoms. The molecular formula is C27H35N3O7. The second-order valence-electron chi connectivity index (χ2n) is 10.9. The Hall–Kier alpha value is -3.37. The second-order valence-corrected chi connectivity index (χ2v) is 10.9. The van der Waals surface area contributed by atoms with Gasteiger partial charge in [0.2, 0.25) is 5.78 Å². The van der Waals surface area contributed by atoms with Crippen LogP contribution in [0, 0.1) is 17.8 Å². The van der Waals surface area contributed by atoms with Crippen molar-refractivity contribution in [2.45, 2.75) is 51.7 Å². The topological polar surface area (TPSA) is 173 Å². The summed E-state index contributed by atoms with van der Waals surface area (Å²) in [5, 5.41) is 48.0. The summed E-state index contributed by atoms with van der Waals surface area (Å²) in [7, 11) is 3.69. The van der Waals surface area contributed by atoms with Gasteiger partial charge >= 0.3 is 0 Å². The highest BCUT2D eigenvalue weighted by molar-refractivity contribution is 6.22. The van der Waals surface area contributed by atoms with Crippen molar-refractivity contribution < 1.29 is 34.8 Å². The molecule has 3 aliphatic rings. The van der Waals surface area contributed by atoms with Crippen LogP contribution < -0.4 is 16.0 Å². The van der Waals surface area contributed by atoms with E-state index < -0.39 is 52.0 Å². The molecule has 0 spiro atoms. The number of rotatable bonds is 7. The van der Waals surface area contributed by atoms with E-state index in [2.05, 4.69) is 19.2 Å². The van der Waals surface area contributed by atoms with Gasteiger partial charge in [-0.05, 0) is 49.3 Å². The zero-order valence-electron chi connectivity index (χ0n) is 21.6. The Morgan fingerprint density at radius 3 is 2.49 bits per heavy atom. The number of fused-ring (bicyclic) bond motifs is 3. The maximum absolute atomic E-state index is 13.7. The molecule has 0 aromatic heterocycles. The van der Waals surface area contributed by atoms with E-state index in [0.29, 0.717) is 23.6 Å². The SMILES string of the molecule is CC(C)CCNCc1cc(N(C)C)c2c(c1O)C(O)=C1C(=O)C3(O)C(O)=C(C(N)=O)C(=O)CC3CC1C2. The first kappa shape index (κ1) is 26.7.